The molecule has 2 heterocycles. The molecule has 0 bridgehead atoms. The first kappa shape index (κ1) is 15.8. The van der Waals surface area contributed by atoms with E-state index in [1.165, 1.54) is 24.9 Å². The van der Waals surface area contributed by atoms with Crippen LogP contribution in [0.25, 0.3) is 10.9 Å². The normalized spacial score (nSPS) is 10.9. The van der Waals surface area contributed by atoms with Gasteiger partial charge < -0.3 is 14.9 Å². The molecular weight excluding hydrogens is 308 g/mol. The number of para-hydroxylation sites is 1. The van der Waals surface area contributed by atoms with Crippen molar-refractivity contribution in [3.05, 3.63) is 63.1 Å². The Balaban J connectivity index is 1.73. The first-order valence-electron chi connectivity index (χ1n) is 7.59. The maximum absolute atomic E-state index is 12.1. The number of carbonyl (C=O) groups is 1. The number of amides is 1. The second-order valence-electron chi connectivity index (χ2n) is 5.71. The van der Waals surface area contributed by atoms with Crippen molar-refractivity contribution in [3.8, 4) is 0 Å². The van der Waals surface area contributed by atoms with Crippen LogP contribution in [0.2, 0.25) is 0 Å². The highest BCUT2D eigenvalue weighted by Crippen LogP contribution is 2.19. The van der Waals surface area contributed by atoms with Crippen LogP contribution in [0.5, 0.6) is 0 Å². The molecule has 0 aliphatic heterocycles. The van der Waals surface area contributed by atoms with Crippen LogP contribution in [-0.2, 0) is 25.3 Å². The van der Waals surface area contributed by atoms with Gasteiger partial charge in [-0.2, -0.15) is 0 Å². The second-order valence-corrected chi connectivity index (χ2v) is 5.71. The first-order valence-corrected chi connectivity index (χ1v) is 7.59. The lowest BCUT2D eigenvalue weighted by atomic mass is 10.1. The van der Waals surface area contributed by atoms with Crippen molar-refractivity contribution in [1.29, 1.82) is 0 Å². The summed E-state index contributed by atoms with van der Waals surface area (Å²) in [5.41, 5.74) is 1.23. The zero-order chi connectivity index (χ0) is 17.3. The fourth-order valence-corrected chi connectivity index (χ4v) is 2.69. The number of aromatic nitrogens is 3. The van der Waals surface area contributed by atoms with E-state index in [0.717, 1.165) is 21.0 Å². The van der Waals surface area contributed by atoms with E-state index in [0.29, 0.717) is 6.42 Å². The van der Waals surface area contributed by atoms with Crippen LogP contribution in [0.1, 0.15) is 12.0 Å². The molecule has 1 amide bonds. The second kappa shape index (κ2) is 6.19. The minimum atomic E-state index is -0.515. The summed E-state index contributed by atoms with van der Waals surface area (Å²) in [5, 5.41) is 3.67. The SMILES string of the molecule is Cn1cc(NC(=O)CCc2c[nH]c3ccccc23)c(=O)n(C)c1=O. The van der Waals surface area contributed by atoms with E-state index in [1.54, 1.807) is 0 Å². The molecule has 7 heteroatoms. The van der Waals surface area contributed by atoms with Crippen LogP contribution in [-0.4, -0.2) is 20.0 Å². The number of carbonyl (C=O) groups excluding carboxylic acids is 1. The van der Waals surface area contributed by atoms with E-state index >= 15 is 0 Å². The molecule has 0 radical (unpaired) electrons. The van der Waals surface area contributed by atoms with Crippen molar-refractivity contribution in [2.45, 2.75) is 12.8 Å². The van der Waals surface area contributed by atoms with Crippen molar-refractivity contribution >= 4 is 22.5 Å². The quantitative estimate of drug-likeness (QED) is 0.753. The minimum Gasteiger partial charge on any atom is -0.361 e. The number of anilines is 1. The third-order valence-corrected chi connectivity index (χ3v) is 4.02. The zero-order valence-electron chi connectivity index (χ0n) is 13.5. The molecule has 2 N–H and O–H groups in total. The molecule has 0 unspecified atom stereocenters. The summed E-state index contributed by atoms with van der Waals surface area (Å²) in [6.07, 6.45) is 4.03. The fraction of sp³-hybridized carbons (Fsp3) is 0.235. The Morgan fingerprint density at radius 3 is 2.75 bits per heavy atom. The minimum absolute atomic E-state index is 0.100. The Kier molecular flexibility index (Phi) is 4.07. The number of benzene rings is 1. The summed E-state index contributed by atoms with van der Waals surface area (Å²) < 4.78 is 2.23. The van der Waals surface area contributed by atoms with E-state index < -0.39 is 11.2 Å². The zero-order valence-corrected chi connectivity index (χ0v) is 13.5. The summed E-state index contributed by atoms with van der Waals surface area (Å²) in [5.74, 6) is -0.268. The molecule has 0 saturated carbocycles. The van der Waals surface area contributed by atoms with Gasteiger partial charge in [-0.25, -0.2) is 4.79 Å². The van der Waals surface area contributed by atoms with E-state index in [4.69, 9.17) is 0 Å². The molecule has 0 spiro atoms. The average Bonchev–Trinajstić information content (AvgIpc) is 2.99. The molecule has 0 atom stereocenters. The molecule has 2 aromatic heterocycles. The van der Waals surface area contributed by atoms with Crippen LogP contribution in [0.4, 0.5) is 5.69 Å². The van der Waals surface area contributed by atoms with Crippen molar-refractivity contribution < 1.29 is 4.79 Å². The smallest absolute Gasteiger partial charge is 0.330 e. The molecule has 0 fully saturated rings. The number of nitrogens with zero attached hydrogens (tertiary/aromatic N) is 2. The molecule has 124 valence electrons. The summed E-state index contributed by atoms with van der Waals surface area (Å²) in [6, 6.07) is 7.88. The molecule has 3 aromatic rings. The van der Waals surface area contributed by atoms with Gasteiger partial charge in [0.25, 0.3) is 5.56 Å². The number of hydrogen-bond acceptors (Lipinski definition) is 3. The van der Waals surface area contributed by atoms with Crippen LogP contribution >= 0.6 is 0 Å². The lowest BCUT2D eigenvalue weighted by Gasteiger charge is -2.08. The lowest BCUT2D eigenvalue weighted by Crippen LogP contribution is -2.38. The van der Waals surface area contributed by atoms with E-state index in [9.17, 15) is 14.4 Å². The molecule has 0 aliphatic carbocycles. The van der Waals surface area contributed by atoms with Gasteiger partial charge in [-0.3, -0.25) is 14.2 Å². The van der Waals surface area contributed by atoms with Gasteiger partial charge in [0.05, 0.1) is 0 Å². The van der Waals surface area contributed by atoms with Gasteiger partial charge >= 0.3 is 5.69 Å². The van der Waals surface area contributed by atoms with E-state index in [-0.39, 0.29) is 18.0 Å². The summed E-state index contributed by atoms with van der Waals surface area (Å²) in [4.78, 5) is 39.0. The number of nitrogens with one attached hydrogen (secondary N) is 2. The van der Waals surface area contributed by atoms with Crippen LogP contribution in [0, 0.1) is 0 Å². The number of aromatic amines is 1. The van der Waals surface area contributed by atoms with Gasteiger partial charge in [0, 0.05) is 43.8 Å². The van der Waals surface area contributed by atoms with Gasteiger partial charge in [-0.05, 0) is 18.1 Å². The Hall–Kier alpha value is -3.09. The van der Waals surface area contributed by atoms with E-state index in [2.05, 4.69) is 10.3 Å². The van der Waals surface area contributed by atoms with Crippen molar-refractivity contribution in [2.75, 3.05) is 5.32 Å². The Morgan fingerprint density at radius 2 is 1.96 bits per heavy atom. The highest BCUT2D eigenvalue weighted by atomic mass is 16.2. The Labute approximate surface area is 137 Å². The first-order chi connectivity index (χ1) is 11.5. The van der Waals surface area contributed by atoms with Crippen LogP contribution in [0.3, 0.4) is 0 Å². The van der Waals surface area contributed by atoms with Gasteiger partial charge in [-0.1, -0.05) is 18.2 Å². The average molecular weight is 326 g/mol. The molecule has 24 heavy (non-hydrogen) atoms. The van der Waals surface area contributed by atoms with Crippen LogP contribution < -0.4 is 16.6 Å². The van der Waals surface area contributed by atoms with Crippen molar-refractivity contribution in [1.82, 2.24) is 14.1 Å². The highest BCUT2D eigenvalue weighted by Gasteiger charge is 2.11. The van der Waals surface area contributed by atoms with Gasteiger partial charge in [0.2, 0.25) is 5.91 Å². The van der Waals surface area contributed by atoms with Crippen LogP contribution in [0.15, 0.2) is 46.2 Å². The number of fused-ring (bicyclic) bond motifs is 1. The van der Waals surface area contributed by atoms with Gasteiger partial charge in [0.1, 0.15) is 5.69 Å². The topological polar surface area (TPSA) is 88.9 Å². The number of H-pyrrole nitrogens is 1. The van der Waals surface area contributed by atoms with Crippen molar-refractivity contribution in [3.63, 3.8) is 0 Å². The fourth-order valence-electron chi connectivity index (χ4n) is 2.69. The summed E-state index contributed by atoms with van der Waals surface area (Å²) in [7, 11) is 2.91. The molecular formula is C17H18N4O3. The molecule has 1 aromatic carbocycles. The highest BCUT2D eigenvalue weighted by molar-refractivity contribution is 5.91. The molecule has 0 saturated heterocycles. The maximum Gasteiger partial charge on any atom is 0.330 e. The third kappa shape index (κ3) is 2.88. The summed E-state index contributed by atoms with van der Waals surface area (Å²) >= 11 is 0. The maximum atomic E-state index is 12.1. The van der Waals surface area contributed by atoms with Gasteiger partial charge in [-0.15, -0.1) is 0 Å². The standard InChI is InChI=1S/C17H18N4O3/c1-20-10-14(16(23)21(2)17(20)24)19-15(22)8-7-11-9-18-13-6-4-3-5-12(11)13/h3-6,9-10,18H,7-8H2,1-2H3,(H,19,22). The number of aryl methyl sites for hydroxylation is 2. The third-order valence-electron chi connectivity index (χ3n) is 4.02. The largest absolute Gasteiger partial charge is 0.361 e. The predicted molar refractivity (Wildman–Crippen MR) is 92.2 cm³/mol. The molecule has 0 aliphatic rings. The monoisotopic (exact) mass is 326 g/mol. The molecule has 7 nitrogen and oxygen atoms in total. The van der Waals surface area contributed by atoms with Crippen molar-refractivity contribution in [2.24, 2.45) is 14.1 Å². The van der Waals surface area contributed by atoms with Gasteiger partial charge in [0.15, 0.2) is 0 Å². The predicted octanol–water partition coefficient (Wildman–Crippen LogP) is 1.14. The number of rotatable bonds is 4. The molecule has 3 rings (SSSR count). The Bertz CT molecular complexity index is 1030. The Morgan fingerprint density at radius 1 is 1.21 bits per heavy atom. The number of hydrogen-bond donors (Lipinski definition) is 2. The van der Waals surface area contributed by atoms with E-state index in [1.807, 2.05) is 30.5 Å². The lowest BCUT2D eigenvalue weighted by molar-refractivity contribution is -0.116. The summed E-state index contributed by atoms with van der Waals surface area (Å²) in [6.45, 7) is 0.